The van der Waals surface area contributed by atoms with Crippen molar-refractivity contribution in [2.45, 2.75) is 6.92 Å². The molecule has 0 radical (unpaired) electrons. The summed E-state index contributed by atoms with van der Waals surface area (Å²) in [5, 5.41) is 15.2. The standard InChI is InChI=1S/C17H13N3O3/c1-11-6-8-14(15(10-11)20(22)23)18-19-17-13-5-3-2-4-12(13)7-9-16(17)21/h2-10,18H,1H3/b19-17-. The van der Waals surface area contributed by atoms with Crippen molar-refractivity contribution >= 4 is 28.9 Å². The number of anilines is 1. The number of rotatable bonds is 3. The van der Waals surface area contributed by atoms with Crippen molar-refractivity contribution in [2.75, 3.05) is 5.43 Å². The van der Waals surface area contributed by atoms with Gasteiger partial charge in [-0.15, -0.1) is 0 Å². The van der Waals surface area contributed by atoms with Crippen LogP contribution in [0.3, 0.4) is 0 Å². The molecule has 0 aromatic heterocycles. The van der Waals surface area contributed by atoms with Crippen LogP contribution in [0.1, 0.15) is 16.7 Å². The Morgan fingerprint density at radius 1 is 1.13 bits per heavy atom. The van der Waals surface area contributed by atoms with Crippen molar-refractivity contribution in [1.29, 1.82) is 0 Å². The highest BCUT2D eigenvalue weighted by Gasteiger charge is 2.19. The maximum Gasteiger partial charge on any atom is 0.294 e. The van der Waals surface area contributed by atoms with Crippen molar-refractivity contribution in [3.8, 4) is 0 Å². The Morgan fingerprint density at radius 3 is 2.70 bits per heavy atom. The number of ketones is 1. The number of benzene rings is 2. The molecule has 23 heavy (non-hydrogen) atoms. The highest BCUT2D eigenvalue weighted by Crippen LogP contribution is 2.26. The summed E-state index contributed by atoms with van der Waals surface area (Å²) in [5.41, 5.74) is 5.40. The van der Waals surface area contributed by atoms with Gasteiger partial charge in [-0.3, -0.25) is 20.3 Å². The summed E-state index contributed by atoms with van der Waals surface area (Å²) < 4.78 is 0. The molecule has 0 atom stereocenters. The van der Waals surface area contributed by atoms with Gasteiger partial charge in [0.15, 0.2) is 0 Å². The molecule has 1 aliphatic carbocycles. The van der Waals surface area contributed by atoms with Crippen LogP contribution in [0.4, 0.5) is 11.4 Å². The second kappa shape index (κ2) is 5.84. The Morgan fingerprint density at radius 2 is 1.91 bits per heavy atom. The highest BCUT2D eigenvalue weighted by atomic mass is 16.6. The molecule has 0 fully saturated rings. The summed E-state index contributed by atoms with van der Waals surface area (Å²) in [6.07, 6.45) is 3.16. The van der Waals surface area contributed by atoms with E-state index >= 15 is 0 Å². The number of nitrogens with one attached hydrogen (secondary N) is 1. The van der Waals surface area contributed by atoms with Gasteiger partial charge in [0.05, 0.1) is 4.92 Å². The van der Waals surface area contributed by atoms with E-state index in [1.54, 1.807) is 31.2 Å². The lowest BCUT2D eigenvalue weighted by atomic mass is 9.95. The second-order valence-electron chi connectivity index (χ2n) is 5.13. The summed E-state index contributed by atoms with van der Waals surface area (Å²) in [6, 6.07) is 12.1. The Bertz CT molecular complexity index is 869. The number of nitrogens with zero attached hydrogens (tertiary/aromatic N) is 2. The number of aryl methyl sites for hydroxylation is 1. The van der Waals surface area contributed by atoms with Crippen LogP contribution in [0.25, 0.3) is 6.08 Å². The second-order valence-corrected chi connectivity index (χ2v) is 5.13. The highest BCUT2D eigenvalue weighted by molar-refractivity contribution is 6.52. The molecule has 0 saturated carbocycles. The van der Waals surface area contributed by atoms with E-state index in [2.05, 4.69) is 10.5 Å². The molecule has 0 saturated heterocycles. The molecule has 0 spiro atoms. The van der Waals surface area contributed by atoms with E-state index < -0.39 is 4.92 Å². The van der Waals surface area contributed by atoms with Crippen LogP contribution in [0.15, 0.2) is 53.6 Å². The minimum Gasteiger partial charge on any atom is -0.287 e. The lowest BCUT2D eigenvalue weighted by molar-refractivity contribution is -0.384. The van der Waals surface area contributed by atoms with Crippen molar-refractivity contribution in [2.24, 2.45) is 5.10 Å². The Kier molecular flexibility index (Phi) is 3.72. The van der Waals surface area contributed by atoms with Crippen LogP contribution in [0.5, 0.6) is 0 Å². The third-order valence-electron chi connectivity index (χ3n) is 3.50. The van der Waals surface area contributed by atoms with Gasteiger partial charge in [-0.1, -0.05) is 36.4 Å². The molecule has 0 unspecified atom stereocenters. The van der Waals surface area contributed by atoms with Gasteiger partial charge in [0, 0.05) is 11.6 Å². The average Bonchev–Trinajstić information content (AvgIpc) is 2.54. The molecule has 6 nitrogen and oxygen atoms in total. The number of nitro benzene ring substituents is 1. The summed E-state index contributed by atoms with van der Waals surface area (Å²) in [7, 11) is 0. The van der Waals surface area contributed by atoms with E-state index in [1.165, 1.54) is 12.1 Å². The number of fused-ring (bicyclic) bond motifs is 1. The van der Waals surface area contributed by atoms with Crippen molar-refractivity contribution < 1.29 is 9.72 Å². The lowest BCUT2D eigenvalue weighted by Gasteiger charge is -2.12. The maximum atomic E-state index is 12.1. The predicted octanol–water partition coefficient (Wildman–Crippen LogP) is 3.32. The molecule has 2 aromatic rings. The third kappa shape index (κ3) is 2.87. The van der Waals surface area contributed by atoms with Crippen LogP contribution in [0.2, 0.25) is 0 Å². The number of nitro groups is 1. The molecular formula is C17H13N3O3. The smallest absolute Gasteiger partial charge is 0.287 e. The largest absolute Gasteiger partial charge is 0.294 e. The Hall–Kier alpha value is -3.28. The van der Waals surface area contributed by atoms with E-state index in [-0.39, 0.29) is 22.9 Å². The summed E-state index contributed by atoms with van der Waals surface area (Å²) in [5.74, 6) is -0.244. The maximum absolute atomic E-state index is 12.1. The average molecular weight is 307 g/mol. The third-order valence-corrected chi connectivity index (χ3v) is 3.50. The fraction of sp³-hybridized carbons (Fsp3) is 0.0588. The van der Waals surface area contributed by atoms with Gasteiger partial charge in [0.25, 0.3) is 5.69 Å². The fourth-order valence-electron chi connectivity index (χ4n) is 2.35. The molecule has 0 amide bonds. The minimum absolute atomic E-state index is 0.0820. The van der Waals surface area contributed by atoms with Crippen molar-refractivity contribution in [3.05, 3.63) is 75.3 Å². The zero-order valence-corrected chi connectivity index (χ0v) is 12.3. The zero-order chi connectivity index (χ0) is 16.4. The molecule has 1 N–H and O–H groups in total. The van der Waals surface area contributed by atoms with Crippen LogP contribution in [-0.4, -0.2) is 16.4 Å². The number of hydrogen-bond acceptors (Lipinski definition) is 5. The number of carbonyl (C=O) groups excluding carboxylic acids is 1. The van der Waals surface area contributed by atoms with E-state index in [0.29, 0.717) is 5.56 Å². The van der Waals surface area contributed by atoms with Gasteiger partial charge in [-0.25, -0.2) is 0 Å². The number of allylic oxidation sites excluding steroid dienone is 1. The van der Waals surface area contributed by atoms with Crippen LogP contribution in [-0.2, 0) is 4.79 Å². The van der Waals surface area contributed by atoms with Crippen LogP contribution < -0.4 is 5.43 Å². The molecule has 3 rings (SSSR count). The normalized spacial score (nSPS) is 14.7. The van der Waals surface area contributed by atoms with Crippen molar-refractivity contribution in [1.82, 2.24) is 0 Å². The van der Waals surface area contributed by atoms with Gasteiger partial charge < -0.3 is 0 Å². The Labute approximate surface area is 132 Å². The van der Waals surface area contributed by atoms with E-state index in [9.17, 15) is 14.9 Å². The molecule has 114 valence electrons. The monoisotopic (exact) mass is 307 g/mol. The fourth-order valence-corrected chi connectivity index (χ4v) is 2.35. The quantitative estimate of drug-likeness (QED) is 0.696. The summed E-state index contributed by atoms with van der Waals surface area (Å²) in [6.45, 7) is 1.77. The first-order valence-corrected chi connectivity index (χ1v) is 6.97. The van der Waals surface area contributed by atoms with Gasteiger partial charge in [0.2, 0.25) is 5.78 Å². The predicted molar refractivity (Wildman–Crippen MR) is 88.5 cm³/mol. The molecular weight excluding hydrogens is 294 g/mol. The van der Waals surface area contributed by atoms with Gasteiger partial charge >= 0.3 is 0 Å². The first-order valence-electron chi connectivity index (χ1n) is 6.97. The minimum atomic E-state index is -0.480. The van der Waals surface area contributed by atoms with E-state index in [4.69, 9.17) is 0 Å². The van der Waals surface area contributed by atoms with Gasteiger partial charge in [-0.05, 0) is 30.2 Å². The van der Waals surface area contributed by atoms with Gasteiger partial charge in [0.1, 0.15) is 11.4 Å². The number of carbonyl (C=O) groups is 1. The summed E-state index contributed by atoms with van der Waals surface area (Å²) in [4.78, 5) is 22.7. The summed E-state index contributed by atoms with van der Waals surface area (Å²) >= 11 is 0. The first kappa shape index (κ1) is 14.6. The number of hydrogen-bond donors (Lipinski definition) is 1. The molecule has 0 heterocycles. The zero-order valence-electron chi connectivity index (χ0n) is 12.3. The van der Waals surface area contributed by atoms with Crippen LogP contribution in [0, 0.1) is 17.0 Å². The lowest BCUT2D eigenvalue weighted by Crippen LogP contribution is -2.19. The van der Waals surface area contributed by atoms with E-state index in [0.717, 1.165) is 11.1 Å². The molecule has 0 bridgehead atoms. The topological polar surface area (TPSA) is 84.6 Å². The van der Waals surface area contributed by atoms with E-state index in [1.807, 2.05) is 18.2 Å². The van der Waals surface area contributed by atoms with Crippen LogP contribution >= 0.6 is 0 Å². The molecule has 6 heteroatoms. The molecule has 0 aliphatic heterocycles. The molecule has 1 aliphatic rings. The number of hydrazone groups is 1. The molecule has 2 aromatic carbocycles. The SMILES string of the molecule is Cc1ccc(N/N=C2\C(=O)C=Cc3ccccc32)c([N+](=O)[O-])c1. The Balaban J connectivity index is 1.99. The van der Waals surface area contributed by atoms with Crippen molar-refractivity contribution in [3.63, 3.8) is 0 Å². The van der Waals surface area contributed by atoms with Gasteiger partial charge in [-0.2, -0.15) is 5.10 Å². The first-order chi connectivity index (χ1) is 11.1.